The van der Waals surface area contributed by atoms with E-state index in [9.17, 15) is 0 Å². The predicted octanol–water partition coefficient (Wildman–Crippen LogP) is 7.00. The van der Waals surface area contributed by atoms with E-state index in [1.54, 1.807) is 7.11 Å². The van der Waals surface area contributed by atoms with Crippen LogP contribution in [0.2, 0.25) is 0 Å². The van der Waals surface area contributed by atoms with E-state index in [4.69, 9.17) is 4.74 Å². The number of allylic oxidation sites excluding steroid dienone is 1. The van der Waals surface area contributed by atoms with Gasteiger partial charge in [0.05, 0.1) is 12.9 Å². The molecule has 0 aromatic heterocycles. The number of rotatable bonds is 16. The standard InChI is InChI=1S/C18H35BrO/c1-18(20-2)16-14-12-10-8-6-4-3-5-7-9-11-13-15-17-19/h1,3-17H2,2H3. The Morgan fingerprint density at radius 1 is 0.700 bits per heavy atom. The summed E-state index contributed by atoms with van der Waals surface area (Å²) in [5, 5.41) is 1.17. The number of hydrogen-bond acceptors (Lipinski definition) is 1. The van der Waals surface area contributed by atoms with E-state index in [2.05, 4.69) is 22.5 Å². The lowest BCUT2D eigenvalue weighted by Gasteiger charge is -2.04. The van der Waals surface area contributed by atoms with E-state index in [0.717, 1.165) is 12.2 Å². The van der Waals surface area contributed by atoms with Crippen LogP contribution in [0.4, 0.5) is 0 Å². The van der Waals surface area contributed by atoms with Crippen molar-refractivity contribution in [2.75, 3.05) is 12.4 Å². The highest BCUT2D eigenvalue weighted by Gasteiger charge is 1.95. The summed E-state index contributed by atoms with van der Waals surface area (Å²) >= 11 is 3.48. The molecule has 120 valence electrons. The van der Waals surface area contributed by atoms with Crippen molar-refractivity contribution in [2.45, 2.75) is 89.9 Å². The van der Waals surface area contributed by atoms with Crippen LogP contribution >= 0.6 is 15.9 Å². The number of unbranched alkanes of at least 4 members (excludes halogenated alkanes) is 12. The van der Waals surface area contributed by atoms with Crippen LogP contribution < -0.4 is 0 Å². The van der Waals surface area contributed by atoms with Crippen LogP contribution in [0.1, 0.15) is 89.9 Å². The third-order valence-corrected chi connectivity index (χ3v) is 4.44. The minimum atomic E-state index is 0.932. The maximum absolute atomic E-state index is 5.07. The van der Waals surface area contributed by atoms with Crippen molar-refractivity contribution >= 4 is 15.9 Å². The molecular formula is C18H35BrO. The van der Waals surface area contributed by atoms with Gasteiger partial charge in [-0.15, -0.1) is 0 Å². The highest BCUT2D eigenvalue weighted by molar-refractivity contribution is 9.09. The van der Waals surface area contributed by atoms with Crippen molar-refractivity contribution in [1.29, 1.82) is 0 Å². The molecule has 0 aliphatic rings. The van der Waals surface area contributed by atoms with Gasteiger partial charge >= 0.3 is 0 Å². The fraction of sp³-hybridized carbons (Fsp3) is 0.889. The first-order valence-electron chi connectivity index (χ1n) is 8.59. The van der Waals surface area contributed by atoms with Crippen LogP contribution in [0.3, 0.4) is 0 Å². The molecule has 0 rings (SSSR count). The minimum absolute atomic E-state index is 0.932. The molecule has 0 bridgehead atoms. The SMILES string of the molecule is C=C(CCCCCCCCCCCCCCCBr)OC. The summed E-state index contributed by atoms with van der Waals surface area (Å²) in [6, 6.07) is 0. The maximum Gasteiger partial charge on any atom is 0.0883 e. The molecule has 0 unspecified atom stereocenters. The molecule has 0 saturated carbocycles. The molecule has 0 aromatic rings. The van der Waals surface area contributed by atoms with Crippen molar-refractivity contribution in [1.82, 2.24) is 0 Å². The van der Waals surface area contributed by atoms with E-state index < -0.39 is 0 Å². The van der Waals surface area contributed by atoms with Crippen molar-refractivity contribution in [3.63, 3.8) is 0 Å². The van der Waals surface area contributed by atoms with E-state index in [1.165, 1.54) is 88.8 Å². The Labute approximate surface area is 135 Å². The van der Waals surface area contributed by atoms with Crippen molar-refractivity contribution < 1.29 is 4.74 Å². The van der Waals surface area contributed by atoms with Crippen LogP contribution in [-0.2, 0) is 4.74 Å². The first-order chi connectivity index (χ1) is 9.81. The van der Waals surface area contributed by atoms with Gasteiger partial charge in [0.15, 0.2) is 0 Å². The molecule has 0 radical (unpaired) electrons. The van der Waals surface area contributed by atoms with Gasteiger partial charge in [0.2, 0.25) is 0 Å². The van der Waals surface area contributed by atoms with Gasteiger partial charge < -0.3 is 4.74 Å². The number of halogens is 1. The highest BCUT2D eigenvalue weighted by atomic mass is 79.9. The fourth-order valence-electron chi connectivity index (χ4n) is 2.46. The summed E-state index contributed by atoms with van der Waals surface area (Å²) in [4.78, 5) is 0. The van der Waals surface area contributed by atoms with Gasteiger partial charge in [0.1, 0.15) is 0 Å². The highest BCUT2D eigenvalue weighted by Crippen LogP contribution is 2.14. The summed E-state index contributed by atoms with van der Waals surface area (Å²) in [5.74, 6) is 0.932. The third-order valence-electron chi connectivity index (χ3n) is 3.88. The molecule has 0 spiro atoms. The zero-order valence-electron chi connectivity index (χ0n) is 13.6. The number of ether oxygens (including phenoxy) is 1. The normalized spacial score (nSPS) is 10.7. The van der Waals surface area contributed by atoms with Gasteiger partial charge in [-0.1, -0.05) is 93.1 Å². The minimum Gasteiger partial charge on any atom is -0.502 e. The Kier molecular flexibility index (Phi) is 17.1. The van der Waals surface area contributed by atoms with Gasteiger partial charge in [-0.2, -0.15) is 0 Å². The van der Waals surface area contributed by atoms with Gasteiger partial charge in [-0.25, -0.2) is 0 Å². The lowest BCUT2D eigenvalue weighted by atomic mass is 10.0. The summed E-state index contributed by atoms with van der Waals surface area (Å²) in [6.45, 7) is 3.85. The Morgan fingerprint density at radius 3 is 1.40 bits per heavy atom. The molecule has 0 aliphatic heterocycles. The molecule has 0 heterocycles. The average molecular weight is 347 g/mol. The van der Waals surface area contributed by atoms with Crippen molar-refractivity contribution in [3.05, 3.63) is 12.3 Å². The molecule has 0 amide bonds. The molecule has 0 fully saturated rings. The molecule has 0 N–H and O–H groups in total. The largest absolute Gasteiger partial charge is 0.502 e. The maximum atomic E-state index is 5.07. The second-order valence-electron chi connectivity index (χ2n) is 5.78. The zero-order chi connectivity index (χ0) is 14.9. The topological polar surface area (TPSA) is 9.23 Å². The van der Waals surface area contributed by atoms with E-state index in [0.29, 0.717) is 0 Å². The number of alkyl halides is 1. The van der Waals surface area contributed by atoms with Gasteiger partial charge in [-0.3, -0.25) is 0 Å². The van der Waals surface area contributed by atoms with Crippen molar-refractivity contribution in [2.24, 2.45) is 0 Å². The number of hydrogen-bond donors (Lipinski definition) is 0. The third kappa shape index (κ3) is 16.1. The summed E-state index contributed by atoms with van der Waals surface area (Å²) < 4.78 is 5.07. The second-order valence-corrected chi connectivity index (χ2v) is 6.57. The molecule has 2 heteroatoms. The van der Waals surface area contributed by atoms with Crippen LogP contribution in [-0.4, -0.2) is 12.4 Å². The van der Waals surface area contributed by atoms with E-state index in [1.807, 2.05) is 0 Å². The molecule has 1 nitrogen and oxygen atoms in total. The quantitative estimate of drug-likeness (QED) is 0.166. The van der Waals surface area contributed by atoms with Crippen LogP contribution in [0.15, 0.2) is 12.3 Å². The smallest absolute Gasteiger partial charge is 0.0883 e. The Hall–Kier alpha value is 0.0200. The molecule has 0 aromatic carbocycles. The monoisotopic (exact) mass is 346 g/mol. The van der Waals surface area contributed by atoms with Gasteiger partial charge in [0, 0.05) is 11.8 Å². The summed E-state index contributed by atoms with van der Waals surface area (Å²) in [7, 11) is 1.71. The van der Waals surface area contributed by atoms with Crippen LogP contribution in [0.5, 0.6) is 0 Å². The summed E-state index contributed by atoms with van der Waals surface area (Å²) in [5.41, 5.74) is 0. The van der Waals surface area contributed by atoms with Crippen molar-refractivity contribution in [3.8, 4) is 0 Å². The first-order valence-corrected chi connectivity index (χ1v) is 9.71. The summed E-state index contributed by atoms with van der Waals surface area (Å²) in [6.07, 6.45) is 19.2. The van der Waals surface area contributed by atoms with Gasteiger partial charge in [0.25, 0.3) is 0 Å². The zero-order valence-corrected chi connectivity index (χ0v) is 15.2. The molecular weight excluding hydrogens is 312 g/mol. The lowest BCUT2D eigenvalue weighted by molar-refractivity contribution is 0.276. The van der Waals surface area contributed by atoms with E-state index in [-0.39, 0.29) is 0 Å². The van der Waals surface area contributed by atoms with Crippen LogP contribution in [0.25, 0.3) is 0 Å². The molecule has 0 saturated heterocycles. The predicted molar refractivity (Wildman–Crippen MR) is 94.6 cm³/mol. The fourth-order valence-corrected chi connectivity index (χ4v) is 2.86. The Morgan fingerprint density at radius 2 is 1.05 bits per heavy atom. The molecule has 0 atom stereocenters. The Bertz CT molecular complexity index is 204. The molecule has 20 heavy (non-hydrogen) atoms. The van der Waals surface area contributed by atoms with E-state index >= 15 is 0 Å². The second kappa shape index (κ2) is 17.1. The van der Waals surface area contributed by atoms with Crippen LogP contribution in [0, 0.1) is 0 Å². The molecule has 0 aliphatic carbocycles. The average Bonchev–Trinajstić information content (AvgIpc) is 2.47. The number of methoxy groups -OCH3 is 1. The lowest BCUT2D eigenvalue weighted by Crippen LogP contribution is -1.86. The van der Waals surface area contributed by atoms with Gasteiger partial charge in [-0.05, 0) is 12.8 Å². The Balaban J connectivity index is 2.97. The first kappa shape index (κ1) is 20.0.